The molecule has 3 aromatic rings. The molecule has 5 heteroatoms. The van der Waals surface area contributed by atoms with Crippen LogP contribution in [0.25, 0.3) is 16.9 Å². The first-order valence-electron chi connectivity index (χ1n) is 5.27. The zero-order chi connectivity index (χ0) is 12.7. The van der Waals surface area contributed by atoms with Crippen molar-refractivity contribution in [3.05, 3.63) is 51.7 Å². The van der Waals surface area contributed by atoms with Crippen LogP contribution in [-0.2, 0) is 0 Å². The maximum Gasteiger partial charge on any atom is 0.151 e. The van der Waals surface area contributed by atoms with Crippen molar-refractivity contribution < 1.29 is 5.11 Å². The van der Waals surface area contributed by atoms with Crippen LogP contribution in [0, 0.1) is 0 Å². The predicted molar refractivity (Wildman–Crippen MR) is 77.7 cm³/mol. The number of fused-ring (bicyclic) bond motifs is 1. The lowest BCUT2D eigenvalue weighted by atomic mass is 10.1. The van der Waals surface area contributed by atoms with Crippen molar-refractivity contribution in [3.8, 4) is 17.0 Å². The average Bonchev–Trinajstić information content (AvgIpc) is 2.73. The summed E-state index contributed by atoms with van der Waals surface area (Å²) in [6.45, 7) is 0. The molecule has 0 aliphatic heterocycles. The van der Waals surface area contributed by atoms with Crippen LogP contribution in [0.15, 0.2) is 51.7 Å². The number of nitrogens with zero attached hydrogens (tertiary/aromatic N) is 2. The molecule has 0 saturated carbocycles. The summed E-state index contributed by atoms with van der Waals surface area (Å²) in [5.41, 5.74) is 2.28. The number of benzene rings is 1. The average molecular weight is 368 g/mol. The van der Waals surface area contributed by atoms with Gasteiger partial charge in [0, 0.05) is 22.4 Å². The van der Waals surface area contributed by atoms with Crippen LogP contribution in [0.3, 0.4) is 0 Å². The Labute approximate surface area is 120 Å². The third-order valence-electron chi connectivity index (χ3n) is 2.65. The summed E-state index contributed by atoms with van der Waals surface area (Å²) in [5, 5.41) is 9.84. The van der Waals surface area contributed by atoms with Gasteiger partial charge in [-0.15, -0.1) is 0 Å². The first kappa shape index (κ1) is 11.7. The minimum atomic E-state index is 0.232. The van der Waals surface area contributed by atoms with E-state index in [1.807, 2.05) is 35.0 Å². The molecular weight excluding hydrogens is 360 g/mol. The number of aromatic hydroxyl groups is 1. The molecule has 90 valence electrons. The number of pyridine rings is 1. The van der Waals surface area contributed by atoms with Gasteiger partial charge in [-0.25, -0.2) is 4.98 Å². The summed E-state index contributed by atoms with van der Waals surface area (Å²) in [6.07, 6.45) is 3.82. The molecule has 3 rings (SSSR count). The van der Waals surface area contributed by atoms with Crippen LogP contribution >= 0.6 is 31.9 Å². The fourth-order valence-corrected chi connectivity index (χ4v) is 3.14. The number of phenols is 1. The second-order valence-electron chi connectivity index (χ2n) is 3.88. The van der Waals surface area contributed by atoms with Crippen molar-refractivity contribution in [1.29, 1.82) is 0 Å². The Morgan fingerprint density at radius 3 is 2.67 bits per heavy atom. The predicted octanol–water partition coefficient (Wildman–Crippen LogP) is 4.23. The van der Waals surface area contributed by atoms with Crippen molar-refractivity contribution >= 4 is 37.5 Å². The molecule has 0 atom stereocenters. The minimum absolute atomic E-state index is 0.232. The molecule has 0 aliphatic rings. The Morgan fingerprint density at radius 1 is 1.11 bits per heavy atom. The highest BCUT2D eigenvalue weighted by molar-refractivity contribution is 9.11. The lowest BCUT2D eigenvalue weighted by Gasteiger charge is -1.98. The molecule has 2 aromatic heterocycles. The molecule has 1 aromatic carbocycles. The summed E-state index contributed by atoms with van der Waals surface area (Å²) >= 11 is 6.91. The van der Waals surface area contributed by atoms with Crippen molar-refractivity contribution in [2.75, 3.05) is 0 Å². The molecular formula is C13H8Br2N2O. The molecule has 0 aliphatic carbocycles. The Balaban J connectivity index is 2.26. The Kier molecular flexibility index (Phi) is 2.87. The van der Waals surface area contributed by atoms with E-state index in [4.69, 9.17) is 0 Å². The van der Waals surface area contributed by atoms with E-state index >= 15 is 0 Å². The van der Waals surface area contributed by atoms with Crippen molar-refractivity contribution in [2.24, 2.45) is 0 Å². The normalized spacial score (nSPS) is 11.0. The Hall–Kier alpha value is -1.33. The molecule has 0 spiro atoms. The van der Waals surface area contributed by atoms with Gasteiger partial charge in [0.05, 0.1) is 10.2 Å². The van der Waals surface area contributed by atoms with Gasteiger partial charge in [0.2, 0.25) is 0 Å². The minimum Gasteiger partial charge on any atom is -0.507 e. The highest BCUT2D eigenvalue weighted by atomic mass is 79.9. The van der Waals surface area contributed by atoms with Gasteiger partial charge in [-0.1, -0.05) is 12.1 Å². The number of aromatic nitrogens is 2. The summed E-state index contributed by atoms with van der Waals surface area (Å²) in [4.78, 5) is 4.52. The molecule has 18 heavy (non-hydrogen) atoms. The summed E-state index contributed by atoms with van der Waals surface area (Å²) in [5.74, 6) is 0.232. The number of hydrogen-bond acceptors (Lipinski definition) is 2. The monoisotopic (exact) mass is 366 g/mol. The maximum atomic E-state index is 9.84. The number of phenolic OH excluding ortho intramolecular Hbond substituents is 1. The van der Waals surface area contributed by atoms with E-state index in [9.17, 15) is 5.11 Å². The Bertz CT molecular complexity index is 737. The smallest absolute Gasteiger partial charge is 0.151 e. The first-order valence-corrected chi connectivity index (χ1v) is 6.86. The lowest BCUT2D eigenvalue weighted by molar-refractivity contribution is 0.477. The van der Waals surface area contributed by atoms with Gasteiger partial charge < -0.3 is 9.51 Å². The molecule has 0 bridgehead atoms. The summed E-state index contributed by atoms with van der Waals surface area (Å²) in [7, 11) is 0. The van der Waals surface area contributed by atoms with E-state index in [0.717, 1.165) is 25.8 Å². The molecule has 0 unspecified atom stereocenters. The van der Waals surface area contributed by atoms with Gasteiger partial charge in [-0.2, -0.15) is 0 Å². The highest BCUT2D eigenvalue weighted by Crippen LogP contribution is 2.30. The highest BCUT2D eigenvalue weighted by Gasteiger charge is 2.10. The number of imidazole rings is 1. The molecule has 3 nitrogen and oxygen atoms in total. The van der Waals surface area contributed by atoms with E-state index in [-0.39, 0.29) is 5.75 Å². The van der Waals surface area contributed by atoms with E-state index in [1.165, 1.54) is 0 Å². The van der Waals surface area contributed by atoms with Gasteiger partial charge in [-0.3, -0.25) is 0 Å². The van der Waals surface area contributed by atoms with Gasteiger partial charge in [0.25, 0.3) is 0 Å². The van der Waals surface area contributed by atoms with Crippen molar-refractivity contribution in [3.63, 3.8) is 0 Å². The van der Waals surface area contributed by atoms with Crippen LogP contribution < -0.4 is 0 Å². The second-order valence-corrected chi connectivity index (χ2v) is 5.65. The quantitative estimate of drug-likeness (QED) is 0.698. The fourth-order valence-electron chi connectivity index (χ4n) is 1.84. The molecule has 0 radical (unpaired) electrons. The number of rotatable bonds is 1. The van der Waals surface area contributed by atoms with Gasteiger partial charge in [0.15, 0.2) is 5.65 Å². The van der Waals surface area contributed by atoms with Crippen LogP contribution in [0.1, 0.15) is 0 Å². The second kappa shape index (κ2) is 4.40. The summed E-state index contributed by atoms with van der Waals surface area (Å²) < 4.78 is 3.78. The molecule has 0 fully saturated rings. The summed E-state index contributed by atoms with van der Waals surface area (Å²) in [6, 6.07) is 9.12. The fraction of sp³-hybridized carbons (Fsp3) is 0. The molecule has 0 amide bonds. The van der Waals surface area contributed by atoms with Crippen LogP contribution in [0.2, 0.25) is 0 Å². The molecule has 0 saturated heterocycles. The topological polar surface area (TPSA) is 37.5 Å². The van der Waals surface area contributed by atoms with Crippen LogP contribution in [0.4, 0.5) is 0 Å². The van der Waals surface area contributed by atoms with E-state index in [2.05, 4.69) is 36.8 Å². The standard InChI is InChI=1S/C13H8Br2N2O/c14-8-5-10(15)13-16-11(7-17(13)6-8)9-3-1-2-4-12(9)18/h1-7,18H. The maximum absolute atomic E-state index is 9.84. The van der Waals surface area contributed by atoms with Crippen molar-refractivity contribution in [1.82, 2.24) is 9.38 Å². The zero-order valence-electron chi connectivity index (χ0n) is 9.14. The van der Waals surface area contributed by atoms with E-state index in [1.54, 1.807) is 12.1 Å². The SMILES string of the molecule is Oc1ccccc1-c1cn2cc(Br)cc(Br)c2n1. The third kappa shape index (κ3) is 1.93. The Morgan fingerprint density at radius 2 is 1.89 bits per heavy atom. The van der Waals surface area contributed by atoms with Gasteiger partial charge >= 0.3 is 0 Å². The van der Waals surface area contributed by atoms with Crippen LogP contribution in [-0.4, -0.2) is 14.5 Å². The molecule has 2 heterocycles. The zero-order valence-corrected chi connectivity index (χ0v) is 12.3. The lowest BCUT2D eigenvalue weighted by Crippen LogP contribution is -1.83. The first-order chi connectivity index (χ1) is 8.65. The number of para-hydroxylation sites is 1. The van der Waals surface area contributed by atoms with Gasteiger partial charge in [0.1, 0.15) is 5.75 Å². The van der Waals surface area contributed by atoms with Crippen molar-refractivity contribution in [2.45, 2.75) is 0 Å². The van der Waals surface area contributed by atoms with E-state index < -0.39 is 0 Å². The molecule has 1 N–H and O–H groups in total. The van der Waals surface area contributed by atoms with Gasteiger partial charge in [-0.05, 0) is 50.1 Å². The van der Waals surface area contributed by atoms with E-state index in [0.29, 0.717) is 0 Å². The van der Waals surface area contributed by atoms with Crippen LogP contribution in [0.5, 0.6) is 5.75 Å². The number of hydrogen-bond donors (Lipinski definition) is 1. The third-order valence-corrected chi connectivity index (χ3v) is 3.67. The number of halogens is 2. The largest absolute Gasteiger partial charge is 0.507 e.